The van der Waals surface area contributed by atoms with Crippen LogP contribution in [0.4, 0.5) is 16.3 Å². The molecule has 4 rings (SSSR count). The zero-order chi connectivity index (χ0) is 28.7. The first-order chi connectivity index (χ1) is 19.1. The van der Waals surface area contributed by atoms with E-state index >= 15 is 0 Å². The minimum absolute atomic E-state index is 0.165. The number of nitrogens with one attached hydrogen (secondary N) is 2. The fraction of sp³-hybridized carbons (Fsp3) is 0.281. The topological polar surface area (TPSA) is 88.5 Å². The molecule has 8 heteroatoms. The molecule has 0 unspecified atom stereocenters. The number of anilines is 2. The lowest BCUT2D eigenvalue weighted by atomic mass is 9.92. The van der Waals surface area contributed by atoms with Crippen molar-refractivity contribution in [1.82, 2.24) is 14.7 Å². The van der Waals surface area contributed by atoms with Crippen molar-refractivity contribution in [2.24, 2.45) is 0 Å². The van der Waals surface area contributed by atoms with Crippen LogP contribution < -0.4 is 15.4 Å². The van der Waals surface area contributed by atoms with Gasteiger partial charge in [0.1, 0.15) is 18.1 Å². The third kappa shape index (κ3) is 7.28. The maximum Gasteiger partial charge on any atom is 0.322 e. The Bertz CT molecular complexity index is 1440. The Morgan fingerprint density at radius 3 is 2.27 bits per heavy atom. The molecule has 4 aromatic rings. The monoisotopic (exact) mass is 539 g/mol. The minimum atomic E-state index is -0.409. The van der Waals surface area contributed by atoms with Crippen molar-refractivity contribution >= 4 is 23.4 Å². The Kier molecular flexibility index (Phi) is 8.89. The molecular weight excluding hydrogens is 502 g/mol. The number of urea groups is 1. The summed E-state index contributed by atoms with van der Waals surface area (Å²) in [6.45, 7) is 10.7. The lowest BCUT2D eigenvalue weighted by Crippen LogP contribution is -2.40. The Hall–Kier alpha value is -4.59. The average molecular weight is 540 g/mol. The van der Waals surface area contributed by atoms with Crippen LogP contribution in [-0.2, 0) is 16.8 Å². The first-order valence-corrected chi connectivity index (χ1v) is 13.4. The van der Waals surface area contributed by atoms with Gasteiger partial charge in [-0.25, -0.2) is 9.48 Å². The number of nitrogens with zero attached hydrogens (tertiary/aromatic N) is 3. The van der Waals surface area contributed by atoms with E-state index in [1.807, 2.05) is 86.6 Å². The van der Waals surface area contributed by atoms with E-state index < -0.39 is 6.03 Å². The van der Waals surface area contributed by atoms with Gasteiger partial charge < -0.3 is 20.3 Å². The number of rotatable bonds is 9. The van der Waals surface area contributed by atoms with E-state index in [1.165, 1.54) is 4.90 Å². The Labute approximate surface area is 236 Å². The molecule has 0 bridgehead atoms. The Morgan fingerprint density at radius 1 is 0.925 bits per heavy atom. The summed E-state index contributed by atoms with van der Waals surface area (Å²) in [4.78, 5) is 28.4. The molecule has 3 amide bonds. The molecule has 0 saturated carbocycles. The van der Waals surface area contributed by atoms with E-state index in [-0.39, 0.29) is 24.4 Å². The van der Waals surface area contributed by atoms with Crippen LogP contribution in [0.5, 0.6) is 5.75 Å². The molecule has 0 aliphatic carbocycles. The van der Waals surface area contributed by atoms with Crippen LogP contribution in [0, 0.1) is 6.92 Å². The normalized spacial score (nSPS) is 11.1. The van der Waals surface area contributed by atoms with Crippen molar-refractivity contribution in [1.29, 1.82) is 0 Å². The summed E-state index contributed by atoms with van der Waals surface area (Å²) in [7, 11) is 0. The summed E-state index contributed by atoms with van der Waals surface area (Å²) >= 11 is 0. The average Bonchev–Trinajstić information content (AvgIpc) is 3.35. The highest BCUT2D eigenvalue weighted by atomic mass is 16.5. The van der Waals surface area contributed by atoms with Crippen molar-refractivity contribution in [3.63, 3.8) is 0 Å². The highest BCUT2D eigenvalue weighted by Crippen LogP contribution is 2.27. The highest BCUT2D eigenvalue weighted by Gasteiger charge is 2.24. The predicted octanol–water partition coefficient (Wildman–Crippen LogP) is 6.55. The van der Waals surface area contributed by atoms with Gasteiger partial charge in [0, 0.05) is 18.0 Å². The van der Waals surface area contributed by atoms with Crippen molar-refractivity contribution < 1.29 is 14.3 Å². The number of ether oxygens (including phenoxy) is 1. The van der Waals surface area contributed by atoms with Gasteiger partial charge in [0.25, 0.3) is 0 Å². The fourth-order valence-electron chi connectivity index (χ4n) is 4.12. The van der Waals surface area contributed by atoms with Crippen LogP contribution in [0.25, 0.3) is 5.69 Å². The summed E-state index contributed by atoms with van der Waals surface area (Å²) in [6.07, 6.45) is 0. The Balaban J connectivity index is 1.59. The summed E-state index contributed by atoms with van der Waals surface area (Å²) in [6, 6.07) is 26.2. The molecule has 0 aliphatic heterocycles. The molecule has 1 heterocycles. The molecule has 0 spiro atoms. The van der Waals surface area contributed by atoms with Crippen LogP contribution in [0.15, 0.2) is 84.9 Å². The summed E-state index contributed by atoms with van der Waals surface area (Å²) in [5.74, 6) is 0.776. The molecule has 3 aromatic carbocycles. The van der Waals surface area contributed by atoms with Crippen molar-refractivity contribution in [2.75, 3.05) is 23.8 Å². The SMILES string of the molecule is CCOc1ccccc1NC(=O)N(CC(=O)Nc1cc(C(C)(C)C)nn1-c1ccc(C)cc1)Cc1ccccc1. The van der Waals surface area contributed by atoms with E-state index in [4.69, 9.17) is 9.84 Å². The van der Waals surface area contributed by atoms with Gasteiger partial charge in [0.2, 0.25) is 5.91 Å². The molecule has 208 valence electrons. The summed E-state index contributed by atoms with van der Waals surface area (Å²) in [5.41, 5.74) is 4.04. The van der Waals surface area contributed by atoms with Crippen LogP contribution >= 0.6 is 0 Å². The molecule has 2 N–H and O–H groups in total. The highest BCUT2D eigenvalue weighted by molar-refractivity contribution is 5.97. The predicted molar refractivity (Wildman–Crippen MR) is 159 cm³/mol. The number of hydrogen-bond acceptors (Lipinski definition) is 4. The number of para-hydroxylation sites is 2. The van der Waals surface area contributed by atoms with E-state index in [2.05, 4.69) is 31.4 Å². The van der Waals surface area contributed by atoms with E-state index in [9.17, 15) is 9.59 Å². The molecule has 40 heavy (non-hydrogen) atoms. The first kappa shape index (κ1) is 28.4. The van der Waals surface area contributed by atoms with Crippen LogP contribution in [-0.4, -0.2) is 39.8 Å². The van der Waals surface area contributed by atoms with Crippen LogP contribution in [0.2, 0.25) is 0 Å². The van der Waals surface area contributed by atoms with Crippen LogP contribution in [0.1, 0.15) is 44.5 Å². The zero-order valence-corrected chi connectivity index (χ0v) is 23.8. The van der Waals surface area contributed by atoms with Crippen molar-refractivity contribution in [3.8, 4) is 11.4 Å². The number of aryl methyl sites for hydroxylation is 1. The molecule has 1 aromatic heterocycles. The maximum atomic E-state index is 13.5. The van der Waals surface area contributed by atoms with Gasteiger partial charge in [-0.15, -0.1) is 0 Å². The molecule has 0 saturated heterocycles. The third-order valence-corrected chi connectivity index (χ3v) is 6.29. The van der Waals surface area contributed by atoms with Gasteiger partial charge in [-0.2, -0.15) is 5.10 Å². The molecule has 0 atom stereocenters. The van der Waals surface area contributed by atoms with Gasteiger partial charge in [-0.3, -0.25) is 4.79 Å². The summed E-state index contributed by atoms with van der Waals surface area (Å²) in [5, 5.41) is 10.7. The second-order valence-corrected chi connectivity index (χ2v) is 10.7. The molecule has 0 radical (unpaired) electrons. The Morgan fingerprint density at radius 2 is 1.60 bits per heavy atom. The number of amides is 3. The van der Waals surface area contributed by atoms with Gasteiger partial charge in [0.05, 0.1) is 23.7 Å². The molecule has 0 fully saturated rings. The first-order valence-electron chi connectivity index (χ1n) is 13.4. The van der Waals surface area contributed by atoms with E-state index in [0.29, 0.717) is 23.9 Å². The zero-order valence-electron chi connectivity index (χ0n) is 23.8. The maximum absolute atomic E-state index is 13.5. The number of aromatic nitrogens is 2. The lowest BCUT2D eigenvalue weighted by Gasteiger charge is -2.23. The number of benzene rings is 3. The van der Waals surface area contributed by atoms with Gasteiger partial charge in [-0.05, 0) is 43.7 Å². The van der Waals surface area contributed by atoms with Gasteiger partial charge in [-0.1, -0.05) is 80.9 Å². The minimum Gasteiger partial charge on any atom is -0.492 e. The van der Waals surface area contributed by atoms with Gasteiger partial charge in [0.15, 0.2) is 0 Å². The lowest BCUT2D eigenvalue weighted by molar-refractivity contribution is -0.116. The second kappa shape index (κ2) is 12.5. The van der Waals surface area contributed by atoms with Crippen molar-refractivity contribution in [3.05, 3.63) is 102 Å². The molecule has 8 nitrogen and oxygen atoms in total. The summed E-state index contributed by atoms with van der Waals surface area (Å²) < 4.78 is 7.40. The smallest absolute Gasteiger partial charge is 0.322 e. The van der Waals surface area contributed by atoms with E-state index in [1.54, 1.807) is 16.8 Å². The quantitative estimate of drug-likeness (QED) is 0.252. The third-order valence-electron chi connectivity index (χ3n) is 6.29. The fourth-order valence-corrected chi connectivity index (χ4v) is 4.12. The second-order valence-electron chi connectivity index (χ2n) is 10.7. The standard InChI is InChI=1S/C32H37N5O3/c1-6-40-27-15-11-10-14-26(27)33-31(39)36(21-24-12-8-7-9-13-24)22-30(38)34-29-20-28(32(3,4)5)35-37(29)25-18-16-23(2)17-19-25/h7-20H,6,21-22H2,1-5H3,(H,33,39)(H,34,38). The molecule has 0 aliphatic rings. The largest absolute Gasteiger partial charge is 0.492 e. The number of hydrogen-bond donors (Lipinski definition) is 2. The number of carbonyl (C=O) groups is 2. The molecular formula is C32H37N5O3. The number of carbonyl (C=O) groups excluding carboxylic acids is 2. The van der Waals surface area contributed by atoms with Crippen molar-refractivity contribution in [2.45, 2.75) is 46.6 Å². The van der Waals surface area contributed by atoms with Crippen LogP contribution in [0.3, 0.4) is 0 Å². The van der Waals surface area contributed by atoms with Gasteiger partial charge >= 0.3 is 6.03 Å². The van der Waals surface area contributed by atoms with E-state index in [0.717, 1.165) is 22.5 Å².